The number of hydrogen-bond acceptors (Lipinski definition) is 2. The molecular formula is C9H19NO. The molecule has 0 atom stereocenters. The topological polar surface area (TPSA) is 12.5 Å². The lowest BCUT2D eigenvalue weighted by atomic mass is 9.88. The average Bonchev–Trinajstić information content (AvgIpc) is 1.85. The van der Waals surface area contributed by atoms with E-state index in [0.29, 0.717) is 5.41 Å². The van der Waals surface area contributed by atoms with E-state index in [4.69, 9.17) is 4.74 Å². The lowest BCUT2D eigenvalue weighted by Gasteiger charge is -2.40. The summed E-state index contributed by atoms with van der Waals surface area (Å²) in [6, 6.07) is 0. The van der Waals surface area contributed by atoms with Gasteiger partial charge in [-0.15, -0.1) is 0 Å². The van der Waals surface area contributed by atoms with Gasteiger partial charge in [0.2, 0.25) is 0 Å². The van der Waals surface area contributed by atoms with Crippen LogP contribution in [0.1, 0.15) is 20.3 Å². The molecule has 1 fully saturated rings. The van der Waals surface area contributed by atoms with E-state index in [2.05, 4.69) is 25.8 Å². The lowest BCUT2D eigenvalue weighted by molar-refractivity contribution is -0.112. The molecule has 1 aliphatic heterocycles. The van der Waals surface area contributed by atoms with E-state index in [1.165, 1.54) is 19.5 Å². The molecule has 0 unspecified atom stereocenters. The third kappa shape index (κ3) is 2.46. The van der Waals surface area contributed by atoms with E-state index >= 15 is 0 Å². The zero-order valence-electron chi connectivity index (χ0n) is 7.89. The third-order valence-corrected chi connectivity index (χ3v) is 2.16. The Hall–Kier alpha value is -0.0800. The highest BCUT2D eigenvalue weighted by atomic mass is 16.5. The van der Waals surface area contributed by atoms with Gasteiger partial charge in [-0.25, -0.2) is 0 Å². The van der Waals surface area contributed by atoms with Gasteiger partial charge >= 0.3 is 0 Å². The maximum absolute atomic E-state index is 5.19. The quantitative estimate of drug-likeness (QED) is 0.611. The number of hydrogen-bond donors (Lipinski definition) is 0. The second-order valence-electron chi connectivity index (χ2n) is 4.04. The molecule has 0 aromatic carbocycles. The first-order valence-electron chi connectivity index (χ1n) is 4.42. The summed E-state index contributed by atoms with van der Waals surface area (Å²) in [6.45, 7) is 8.79. The van der Waals surface area contributed by atoms with Gasteiger partial charge in [0.25, 0.3) is 0 Å². The van der Waals surface area contributed by atoms with Crippen LogP contribution < -0.4 is 0 Å². The number of nitrogens with zero attached hydrogens (tertiary/aromatic N) is 1. The number of ether oxygens (including phenoxy) is 1. The van der Waals surface area contributed by atoms with Gasteiger partial charge in [-0.1, -0.05) is 13.8 Å². The number of rotatable bonds is 4. The van der Waals surface area contributed by atoms with Crippen molar-refractivity contribution in [3.05, 3.63) is 0 Å². The molecular weight excluding hydrogens is 138 g/mol. The van der Waals surface area contributed by atoms with E-state index in [1.54, 1.807) is 0 Å². The molecule has 0 aromatic heterocycles. The van der Waals surface area contributed by atoms with Crippen LogP contribution in [-0.4, -0.2) is 38.3 Å². The fourth-order valence-corrected chi connectivity index (χ4v) is 1.65. The molecule has 66 valence electrons. The molecule has 11 heavy (non-hydrogen) atoms. The summed E-state index contributed by atoms with van der Waals surface area (Å²) in [5.41, 5.74) is 0.448. The molecule has 0 aliphatic carbocycles. The molecule has 0 saturated carbocycles. The summed E-state index contributed by atoms with van der Waals surface area (Å²) < 4.78 is 5.19. The van der Waals surface area contributed by atoms with Crippen molar-refractivity contribution in [2.45, 2.75) is 20.3 Å². The van der Waals surface area contributed by atoms with Gasteiger partial charge in [0.05, 0.1) is 13.2 Å². The zero-order valence-corrected chi connectivity index (χ0v) is 7.89. The molecule has 2 nitrogen and oxygen atoms in total. The van der Waals surface area contributed by atoms with Crippen molar-refractivity contribution < 1.29 is 4.74 Å². The monoisotopic (exact) mass is 157 g/mol. The van der Waals surface area contributed by atoms with Crippen LogP contribution in [0.15, 0.2) is 0 Å². The minimum atomic E-state index is 0.448. The fraction of sp³-hybridized carbons (Fsp3) is 1.00. The predicted octanol–water partition coefficient (Wildman–Crippen LogP) is 1.36. The smallest absolute Gasteiger partial charge is 0.0554 e. The van der Waals surface area contributed by atoms with E-state index in [-0.39, 0.29) is 0 Å². The maximum atomic E-state index is 5.19. The van der Waals surface area contributed by atoms with Crippen molar-refractivity contribution >= 4 is 0 Å². The van der Waals surface area contributed by atoms with Gasteiger partial charge in [-0.3, -0.25) is 0 Å². The van der Waals surface area contributed by atoms with Crippen molar-refractivity contribution in [2.75, 3.05) is 33.4 Å². The fourth-order valence-electron chi connectivity index (χ4n) is 1.65. The highest BCUT2D eigenvalue weighted by molar-refractivity contribution is 4.83. The van der Waals surface area contributed by atoms with Crippen LogP contribution in [0.4, 0.5) is 0 Å². The van der Waals surface area contributed by atoms with Crippen LogP contribution in [-0.2, 0) is 4.74 Å². The summed E-state index contributed by atoms with van der Waals surface area (Å²) in [7, 11) is 2.19. The normalized spacial score (nSPS) is 21.8. The van der Waals surface area contributed by atoms with Gasteiger partial charge in [-0.2, -0.15) is 0 Å². The molecule has 0 spiro atoms. The summed E-state index contributed by atoms with van der Waals surface area (Å²) >= 11 is 0. The van der Waals surface area contributed by atoms with Crippen molar-refractivity contribution in [2.24, 2.45) is 5.41 Å². The Kier molecular flexibility index (Phi) is 2.90. The van der Waals surface area contributed by atoms with Gasteiger partial charge in [0.1, 0.15) is 0 Å². The Morgan fingerprint density at radius 1 is 1.45 bits per heavy atom. The summed E-state index contributed by atoms with van der Waals surface area (Å²) in [5.74, 6) is 0. The van der Waals surface area contributed by atoms with Crippen LogP contribution in [0.5, 0.6) is 0 Å². The lowest BCUT2D eigenvalue weighted by Crippen LogP contribution is -2.47. The van der Waals surface area contributed by atoms with E-state index < -0.39 is 0 Å². The molecule has 0 amide bonds. The van der Waals surface area contributed by atoms with Crippen LogP contribution in [0.25, 0.3) is 0 Å². The van der Waals surface area contributed by atoms with Crippen molar-refractivity contribution in [3.8, 4) is 0 Å². The SMILES string of the molecule is CCCN(C)CC1(C)COC1. The van der Waals surface area contributed by atoms with Crippen LogP contribution >= 0.6 is 0 Å². The van der Waals surface area contributed by atoms with Gasteiger partial charge < -0.3 is 9.64 Å². The Morgan fingerprint density at radius 2 is 2.09 bits per heavy atom. The predicted molar refractivity (Wildman–Crippen MR) is 46.7 cm³/mol. The Balaban J connectivity index is 2.18. The second-order valence-corrected chi connectivity index (χ2v) is 4.04. The third-order valence-electron chi connectivity index (χ3n) is 2.16. The van der Waals surface area contributed by atoms with E-state index in [1.807, 2.05) is 0 Å². The minimum absolute atomic E-state index is 0.448. The molecule has 1 heterocycles. The Morgan fingerprint density at radius 3 is 2.45 bits per heavy atom. The van der Waals surface area contributed by atoms with Gasteiger partial charge in [0.15, 0.2) is 0 Å². The van der Waals surface area contributed by atoms with Gasteiger partial charge in [-0.05, 0) is 20.0 Å². The molecule has 0 radical (unpaired) electrons. The van der Waals surface area contributed by atoms with Crippen molar-refractivity contribution in [3.63, 3.8) is 0 Å². The van der Waals surface area contributed by atoms with E-state index in [9.17, 15) is 0 Å². The molecule has 1 saturated heterocycles. The molecule has 1 rings (SSSR count). The maximum Gasteiger partial charge on any atom is 0.0554 e. The largest absolute Gasteiger partial charge is 0.380 e. The van der Waals surface area contributed by atoms with Gasteiger partial charge in [0, 0.05) is 12.0 Å². The first-order chi connectivity index (χ1) is 5.16. The zero-order chi connectivity index (χ0) is 8.32. The van der Waals surface area contributed by atoms with Crippen molar-refractivity contribution in [1.82, 2.24) is 4.90 Å². The Labute approximate surface area is 69.5 Å². The Bertz CT molecular complexity index is 121. The summed E-state index contributed by atoms with van der Waals surface area (Å²) in [4.78, 5) is 2.39. The van der Waals surface area contributed by atoms with Crippen LogP contribution in [0, 0.1) is 5.41 Å². The minimum Gasteiger partial charge on any atom is -0.380 e. The van der Waals surface area contributed by atoms with E-state index in [0.717, 1.165) is 13.2 Å². The first kappa shape index (κ1) is 9.01. The first-order valence-corrected chi connectivity index (χ1v) is 4.42. The highest BCUT2D eigenvalue weighted by Gasteiger charge is 2.33. The molecule has 1 aliphatic rings. The molecule has 0 bridgehead atoms. The summed E-state index contributed by atoms with van der Waals surface area (Å²) in [6.07, 6.45) is 1.24. The standard InChI is InChI=1S/C9H19NO/c1-4-5-10(3)6-9(2)7-11-8-9/h4-8H2,1-3H3. The second kappa shape index (κ2) is 3.55. The highest BCUT2D eigenvalue weighted by Crippen LogP contribution is 2.26. The average molecular weight is 157 g/mol. The molecule has 0 N–H and O–H groups in total. The van der Waals surface area contributed by atoms with Crippen LogP contribution in [0.3, 0.4) is 0 Å². The molecule has 2 heteroatoms. The summed E-state index contributed by atoms with van der Waals surface area (Å²) in [5, 5.41) is 0. The van der Waals surface area contributed by atoms with Crippen LogP contribution in [0.2, 0.25) is 0 Å². The van der Waals surface area contributed by atoms with Crippen molar-refractivity contribution in [1.29, 1.82) is 0 Å². The molecule has 0 aromatic rings.